The number of aliphatic hydroxyl groups is 1. The highest BCUT2D eigenvalue weighted by atomic mass is 16.6. The summed E-state index contributed by atoms with van der Waals surface area (Å²) < 4.78 is 11.7. The predicted molar refractivity (Wildman–Crippen MR) is 99.9 cm³/mol. The molecule has 1 aliphatic heterocycles. The van der Waals surface area contributed by atoms with Crippen LogP contribution in [0.2, 0.25) is 0 Å². The van der Waals surface area contributed by atoms with Gasteiger partial charge in [-0.1, -0.05) is 31.2 Å². The van der Waals surface area contributed by atoms with Crippen molar-refractivity contribution in [3.8, 4) is 5.75 Å². The van der Waals surface area contributed by atoms with Crippen LogP contribution in [0.4, 0.5) is 0 Å². The standard InChI is InChI=1S/C22H24O4/c1-22-11-19(24)21-15-5-3-14(23)10-13(15)2-4-16(21)17(22)6-7-18(22)20-12-25-8-9-26-20/h2-6,10,18-20,23-24H,7-9,11-12H2,1H3/t18-,19-,20?,22+/m1/s1. The lowest BCUT2D eigenvalue weighted by Gasteiger charge is -2.45. The summed E-state index contributed by atoms with van der Waals surface area (Å²) in [5, 5.41) is 22.9. The fourth-order valence-electron chi connectivity index (χ4n) is 5.36. The second-order valence-electron chi connectivity index (χ2n) is 8.01. The largest absolute Gasteiger partial charge is 0.508 e. The molecular formula is C22H24O4. The van der Waals surface area contributed by atoms with Crippen molar-refractivity contribution in [2.75, 3.05) is 19.8 Å². The van der Waals surface area contributed by atoms with Crippen molar-refractivity contribution in [3.63, 3.8) is 0 Å². The van der Waals surface area contributed by atoms with E-state index in [0.717, 1.165) is 28.3 Å². The topological polar surface area (TPSA) is 58.9 Å². The van der Waals surface area contributed by atoms with Gasteiger partial charge in [0, 0.05) is 11.3 Å². The molecule has 2 aliphatic carbocycles. The minimum absolute atomic E-state index is 0.0913. The number of phenolic OH excluding ortho intramolecular Hbond substituents is 1. The summed E-state index contributed by atoms with van der Waals surface area (Å²) in [7, 11) is 0. The van der Waals surface area contributed by atoms with Gasteiger partial charge in [0.1, 0.15) is 5.75 Å². The highest BCUT2D eigenvalue weighted by Crippen LogP contribution is 2.59. The SMILES string of the molecule is C[C@]12C[C@@H](O)c3c(ccc4cc(O)ccc34)C1=CC[C@@H]2C1COCCO1. The molecule has 0 bridgehead atoms. The number of aromatic hydroxyl groups is 1. The van der Waals surface area contributed by atoms with E-state index in [1.807, 2.05) is 12.1 Å². The molecule has 1 fully saturated rings. The molecule has 136 valence electrons. The van der Waals surface area contributed by atoms with Crippen LogP contribution in [0.25, 0.3) is 16.3 Å². The number of ether oxygens (including phenoxy) is 2. The van der Waals surface area contributed by atoms with Crippen molar-refractivity contribution in [2.45, 2.75) is 32.0 Å². The minimum atomic E-state index is -0.523. The lowest BCUT2D eigenvalue weighted by Crippen LogP contribution is -2.43. The highest BCUT2D eigenvalue weighted by Gasteiger charge is 2.50. The molecule has 0 radical (unpaired) electrons. The van der Waals surface area contributed by atoms with Crippen molar-refractivity contribution in [1.82, 2.24) is 0 Å². The van der Waals surface area contributed by atoms with Crippen LogP contribution in [0, 0.1) is 11.3 Å². The van der Waals surface area contributed by atoms with E-state index in [-0.39, 0.29) is 17.3 Å². The summed E-state index contributed by atoms with van der Waals surface area (Å²) >= 11 is 0. The molecule has 0 spiro atoms. The highest BCUT2D eigenvalue weighted by molar-refractivity contribution is 5.93. The van der Waals surface area contributed by atoms with Gasteiger partial charge in [0.2, 0.25) is 0 Å². The Kier molecular flexibility index (Phi) is 3.64. The smallest absolute Gasteiger partial charge is 0.116 e. The molecule has 4 heteroatoms. The Labute approximate surface area is 153 Å². The molecule has 3 aliphatic rings. The van der Waals surface area contributed by atoms with Crippen LogP contribution in [-0.4, -0.2) is 36.1 Å². The summed E-state index contributed by atoms with van der Waals surface area (Å²) in [6, 6.07) is 9.52. The number of fused-ring (bicyclic) bond motifs is 5. The first-order valence-corrected chi connectivity index (χ1v) is 9.42. The number of phenols is 1. The van der Waals surface area contributed by atoms with Crippen LogP contribution in [0.5, 0.6) is 5.75 Å². The van der Waals surface area contributed by atoms with Crippen molar-refractivity contribution in [2.24, 2.45) is 11.3 Å². The Morgan fingerprint density at radius 3 is 2.85 bits per heavy atom. The van der Waals surface area contributed by atoms with Crippen molar-refractivity contribution >= 4 is 16.3 Å². The number of aliphatic hydroxyl groups excluding tert-OH is 1. The van der Waals surface area contributed by atoms with E-state index in [1.54, 1.807) is 12.1 Å². The number of benzene rings is 2. The zero-order valence-corrected chi connectivity index (χ0v) is 14.9. The quantitative estimate of drug-likeness (QED) is 0.819. The molecule has 1 unspecified atom stereocenters. The molecule has 0 amide bonds. The van der Waals surface area contributed by atoms with Gasteiger partial charge in [-0.2, -0.15) is 0 Å². The Hall–Kier alpha value is -1.88. The van der Waals surface area contributed by atoms with Crippen molar-refractivity contribution < 1.29 is 19.7 Å². The van der Waals surface area contributed by atoms with Crippen LogP contribution in [0.15, 0.2) is 36.4 Å². The Balaban J connectivity index is 1.61. The van der Waals surface area contributed by atoms with E-state index in [2.05, 4.69) is 19.1 Å². The first kappa shape index (κ1) is 16.3. The molecule has 4 nitrogen and oxygen atoms in total. The monoisotopic (exact) mass is 352 g/mol. The lowest BCUT2D eigenvalue weighted by atomic mass is 9.63. The van der Waals surface area contributed by atoms with E-state index in [9.17, 15) is 10.2 Å². The number of hydrogen-bond acceptors (Lipinski definition) is 4. The normalized spacial score (nSPS) is 33.6. The van der Waals surface area contributed by atoms with Crippen molar-refractivity contribution in [1.29, 1.82) is 0 Å². The molecule has 0 aromatic heterocycles. The fraction of sp³-hybridized carbons (Fsp3) is 0.455. The van der Waals surface area contributed by atoms with E-state index < -0.39 is 6.10 Å². The first-order chi connectivity index (χ1) is 12.6. The third-order valence-corrected chi connectivity index (χ3v) is 6.59. The van der Waals surface area contributed by atoms with Crippen LogP contribution in [-0.2, 0) is 9.47 Å². The maximum atomic E-state index is 11.1. The van der Waals surface area contributed by atoms with Gasteiger partial charge in [0.05, 0.1) is 32.0 Å². The second-order valence-corrected chi connectivity index (χ2v) is 8.01. The molecule has 2 aromatic rings. The van der Waals surface area contributed by atoms with Crippen molar-refractivity contribution in [3.05, 3.63) is 47.5 Å². The van der Waals surface area contributed by atoms with E-state index in [1.165, 1.54) is 5.57 Å². The zero-order chi connectivity index (χ0) is 17.9. The third kappa shape index (κ3) is 2.26. The van der Waals surface area contributed by atoms with Gasteiger partial charge in [0.25, 0.3) is 0 Å². The van der Waals surface area contributed by atoms with Gasteiger partial charge >= 0.3 is 0 Å². The van der Waals surface area contributed by atoms with Gasteiger partial charge < -0.3 is 19.7 Å². The number of hydrogen-bond donors (Lipinski definition) is 2. The van der Waals surface area contributed by atoms with Crippen LogP contribution in [0.1, 0.15) is 37.0 Å². The van der Waals surface area contributed by atoms with Crippen LogP contribution in [0.3, 0.4) is 0 Å². The Morgan fingerprint density at radius 2 is 2.04 bits per heavy atom. The minimum Gasteiger partial charge on any atom is -0.508 e. The summed E-state index contributed by atoms with van der Waals surface area (Å²) in [4.78, 5) is 0. The predicted octanol–water partition coefficient (Wildman–Crippen LogP) is 3.81. The molecule has 1 saturated heterocycles. The molecule has 2 N–H and O–H groups in total. The van der Waals surface area contributed by atoms with Gasteiger partial charge in [-0.05, 0) is 52.4 Å². The summed E-state index contributed by atoms with van der Waals surface area (Å²) in [5.74, 6) is 0.582. The zero-order valence-electron chi connectivity index (χ0n) is 14.9. The molecule has 5 rings (SSSR count). The van der Waals surface area contributed by atoms with Crippen LogP contribution >= 0.6 is 0 Å². The summed E-state index contributed by atoms with van der Waals surface area (Å²) in [6.45, 7) is 4.23. The molecular weight excluding hydrogens is 328 g/mol. The molecule has 4 atom stereocenters. The number of rotatable bonds is 1. The first-order valence-electron chi connectivity index (χ1n) is 9.42. The average molecular weight is 352 g/mol. The van der Waals surface area contributed by atoms with E-state index >= 15 is 0 Å². The van der Waals surface area contributed by atoms with Gasteiger partial charge in [0.15, 0.2) is 0 Å². The van der Waals surface area contributed by atoms with E-state index in [4.69, 9.17) is 9.47 Å². The lowest BCUT2D eigenvalue weighted by molar-refractivity contribution is -0.126. The molecule has 1 heterocycles. The maximum absolute atomic E-state index is 11.1. The maximum Gasteiger partial charge on any atom is 0.116 e. The third-order valence-electron chi connectivity index (χ3n) is 6.59. The molecule has 2 aromatic carbocycles. The molecule has 0 saturated carbocycles. The Morgan fingerprint density at radius 1 is 1.15 bits per heavy atom. The summed E-state index contributed by atoms with van der Waals surface area (Å²) in [6.07, 6.45) is 3.55. The van der Waals surface area contributed by atoms with Gasteiger partial charge in [-0.3, -0.25) is 0 Å². The second kappa shape index (κ2) is 5.81. The van der Waals surface area contributed by atoms with Crippen LogP contribution < -0.4 is 0 Å². The van der Waals surface area contributed by atoms with Gasteiger partial charge in [-0.25, -0.2) is 0 Å². The molecule has 26 heavy (non-hydrogen) atoms. The number of allylic oxidation sites excluding steroid dienone is 2. The van der Waals surface area contributed by atoms with E-state index in [0.29, 0.717) is 32.2 Å². The average Bonchev–Trinajstić information content (AvgIpc) is 2.98. The summed E-state index contributed by atoms with van der Waals surface area (Å²) in [5.41, 5.74) is 3.35. The van der Waals surface area contributed by atoms with Gasteiger partial charge in [-0.15, -0.1) is 0 Å². The fourth-order valence-corrected chi connectivity index (χ4v) is 5.36. The Bertz CT molecular complexity index is 896.